The van der Waals surface area contributed by atoms with E-state index in [4.69, 9.17) is 15.0 Å². The van der Waals surface area contributed by atoms with Crippen LogP contribution in [0, 0.1) is 0 Å². The molecule has 0 unspecified atom stereocenters. The highest BCUT2D eigenvalue weighted by Crippen LogP contribution is 2.41. The Morgan fingerprint density at radius 1 is 0.875 bits per heavy atom. The van der Waals surface area contributed by atoms with Crippen LogP contribution in [0.2, 0.25) is 0 Å². The first-order chi connectivity index (χ1) is 15.7. The lowest BCUT2D eigenvalue weighted by molar-refractivity contribution is -0.121. The van der Waals surface area contributed by atoms with E-state index in [0.29, 0.717) is 28.4 Å². The van der Waals surface area contributed by atoms with Crippen LogP contribution < -0.4 is 21.7 Å². The van der Waals surface area contributed by atoms with Crippen LogP contribution in [-0.2, 0) is 10.5 Å². The van der Waals surface area contributed by atoms with Crippen molar-refractivity contribution in [2.75, 3.05) is 10.6 Å². The molecule has 0 saturated carbocycles. The van der Waals surface area contributed by atoms with Gasteiger partial charge in [-0.15, -0.1) is 0 Å². The van der Waals surface area contributed by atoms with Crippen molar-refractivity contribution in [3.05, 3.63) is 95.5 Å². The van der Waals surface area contributed by atoms with Gasteiger partial charge in [-0.2, -0.15) is 4.99 Å². The molecule has 7 rings (SSSR count). The number of carbonyl (C=O) groups excluding carboxylic acids is 1. The molecule has 3 aliphatic rings. The molecule has 0 radical (unpaired) electrons. The number of benzene rings is 3. The second kappa shape index (κ2) is 5.98. The zero-order valence-corrected chi connectivity index (χ0v) is 16.6. The van der Waals surface area contributed by atoms with Crippen LogP contribution in [0.5, 0.6) is 0 Å². The van der Waals surface area contributed by atoms with E-state index in [-0.39, 0.29) is 5.91 Å². The van der Waals surface area contributed by atoms with Crippen LogP contribution in [-0.4, -0.2) is 21.4 Å². The molecule has 0 fully saturated rings. The van der Waals surface area contributed by atoms with E-state index in [9.17, 15) is 4.79 Å². The highest BCUT2D eigenvalue weighted by molar-refractivity contribution is 6.08. The van der Waals surface area contributed by atoms with Crippen LogP contribution in [0.1, 0.15) is 5.56 Å². The summed E-state index contributed by atoms with van der Waals surface area (Å²) in [5, 5.41) is 6.21. The first-order valence-electron chi connectivity index (χ1n) is 10.2. The summed E-state index contributed by atoms with van der Waals surface area (Å²) < 4.78 is 1.75. The minimum atomic E-state index is -1.39. The van der Waals surface area contributed by atoms with E-state index < -0.39 is 5.66 Å². The Labute approximate surface area is 181 Å². The van der Waals surface area contributed by atoms with Gasteiger partial charge in [0.15, 0.2) is 5.49 Å². The number of fused-ring (bicyclic) bond motifs is 8. The molecular weight excluding hydrogens is 402 g/mol. The molecule has 8 heteroatoms. The summed E-state index contributed by atoms with van der Waals surface area (Å²) in [5.74, 6) is 0.0427. The molecule has 1 atom stereocenters. The highest BCUT2D eigenvalue weighted by atomic mass is 16.2. The molecular formula is C24H15N7O. The van der Waals surface area contributed by atoms with Crippen molar-refractivity contribution in [1.82, 2.24) is 9.55 Å². The van der Waals surface area contributed by atoms with Gasteiger partial charge in [-0.25, -0.2) is 15.0 Å². The van der Waals surface area contributed by atoms with Gasteiger partial charge in [0.1, 0.15) is 5.69 Å². The summed E-state index contributed by atoms with van der Waals surface area (Å²) in [5.41, 5.74) is 4.28. The largest absolute Gasteiger partial charge is 0.324 e. The number of hydrogen-bond acceptors (Lipinski definition) is 6. The minimum absolute atomic E-state index is 0.270. The van der Waals surface area contributed by atoms with E-state index in [0.717, 1.165) is 22.5 Å². The van der Waals surface area contributed by atoms with E-state index in [1.807, 2.05) is 78.9 Å². The second-order valence-corrected chi connectivity index (χ2v) is 7.76. The van der Waals surface area contributed by atoms with Gasteiger partial charge in [-0.3, -0.25) is 9.36 Å². The minimum Gasteiger partial charge on any atom is -0.324 e. The molecule has 0 saturated heterocycles. The van der Waals surface area contributed by atoms with Crippen molar-refractivity contribution in [3.8, 4) is 11.3 Å². The fraction of sp³-hybridized carbons (Fsp3) is 0.0417. The molecule has 8 nitrogen and oxygen atoms in total. The van der Waals surface area contributed by atoms with Crippen LogP contribution in [0.15, 0.2) is 93.8 Å². The van der Waals surface area contributed by atoms with Gasteiger partial charge in [0, 0.05) is 22.5 Å². The quantitative estimate of drug-likeness (QED) is 0.439. The Bertz CT molecular complexity index is 1600. The molecule has 152 valence electrons. The predicted octanol–water partition coefficient (Wildman–Crippen LogP) is 2.57. The SMILES string of the molecule is O=C1Nc2ccccc2[C@]12N=C(Nc1ccccc1)N=c1nc3c(n12)=Nc1ccccc1-3. The number of nitrogens with zero attached hydrogens (tertiary/aromatic N) is 5. The van der Waals surface area contributed by atoms with E-state index in [2.05, 4.69) is 15.6 Å². The van der Waals surface area contributed by atoms with Gasteiger partial charge >= 0.3 is 0 Å². The molecule has 4 heterocycles. The number of para-hydroxylation sites is 3. The van der Waals surface area contributed by atoms with Crippen molar-refractivity contribution in [2.24, 2.45) is 15.0 Å². The molecule has 3 aromatic carbocycles. The first kappa shape index (κ1) is 17.1. The van der Waals surface area contributed by atoms with Gasteiger partial charge in [0.2, 0.25) is 11.6 Å². The normalized spacial score (nSPS) is 19.1. The summed E-state index contributed by atoms with van der Waals surface area (Å²) in [6, 6.07) is 25.0. The molecule has 1 aromatic heterocycles. The lowest BCUT2D eigenvalue weighted by atomic mass is 10.0. The highest BCUT2D eigenvalue weighted by Gasteiger charge is 2.52. The zero-order valence-electron chi connectivity index (χ0n) is 16.6. The van der Waals surface area contributed by atoms with Crippen molar-refractivity contribution < 1.29 is 4.79 Å². The number of imidazole rings is 1. The number of aliphatic imine (C=N–C) groups is 1. The van der Waals surface area contributed by atoms with Crippen molar-refractivity contribution in [1.29, 1.82) is 0 Å². The molecule has 4 aromatic rings. The Kier molecular flexibility index (Phi) is 3.20. The lowest BCUT2D eigenvalue weighted by Gasteiger charge is -2.27. The smallest absolute Gasteiger partial charge is 0.278 e. The fourth-order valence-electron chi connectivity index (χ4n) is 4.53. The monoisotopic (exact) mass is 417 g/mol. The van der Waals surface area contributed by atoms with Crippen LogP contribution >= 0.6 is 0 Å². The third-order valence-corrected chi connectivity index (χ3v) is 5.92. The van der Waals surface area contributed by atoms with E-state index in [1.165, 1.54) is 0 Å². The van der Waals surface area contributed by atoms with Gasteiger partial charge in [0.05, 0.1) is 5.69 Å². The fourth-order valence-corrected chi connectivity index (χ4v) is 4.53. The van der Waals surface area contributed by atoms with E-state index in [1.54, 1.807) is 4.57 Å². The topological polar surface area (TPSA) is 96.0 Å². The second-order valence-electron chi connectivity index (χ2n) is 7.76. The number of hydrogen-bond donors (Lipinski definition) is 2. The van der Waals surface area contributed by atoms with Gasteiger partial charge in [-0.1, -0.05) is 54.6 Å². The van der Waals surface area contributed by atoms with Gasteiger partial charge < -0.3 is 10.6 Å². The Hall–Kier alpha value is -4.59. The number of amides is 1. The van der Waals surface area contributed by atoms with Gasteiger partial charge in [0.25, 0.3) is 11.6 Å². The Balaban J connectivity index is 1.54. The number of guanidine groups is 1. The van der Waals surface area contributed by atoms with Crippen LogP contribution in [0.3, 0.4) is 0 Å². The van der Waals surface area contributed by atoms with Crippen LogP contribution in [0.25, 0.3) is 11.3 Å². The number of nitrogens with one attached hydrogen (secondary N) is 2. The van der Waals surface area contributed by atoms with E-state index >= 15 is 0 Å². The van der Waals surface area contributed by atoms with Crippen LogP contribution in [0.4, 0.5) is 17.1 Å². The Morgan fingerprint density at radius 2 is 1.66 bits per heavy atom. The summed E-state index contributed by atoms with van der Waals surface area (Å²) in [6.07, 6.45) is 0. The third-order valence-electron chi connectivity index (χ3n) is 5.92. The predicted molar refractivity (Wildman–Crippen MR) is 119 cm³/mol. The zero-order chi connectivity index (χ0) is 21.3. The molecule has 0 aliphatic carbocycles. The van der Waals surface area contributed by atoms with Crippen molar-refractivity contribution in [3.63, 3.8) is 0 Å². The summed E-state index contributed by atoms with van der Waals surface area (Å²) >= 11 is 0. The molecule has 0 bridgehead atoms. The van der Waals surface area contributed by atoms with Crippen molar-refractivity contribution in [2.45, 2.75) is 5.66 Å². The summed E-state index contributed by atoms with van der Waals surface area (Å²) in [4.78, 5) is 32.7. The molecule has 2 N–H and O–H groups in total. The Morgan fingerprint density at radius 3 is 2.56 bits per heavy atom. The maximum atomic E-state index is 13.6. The molecule has 32 heavy (non-hydrogen) atoms. The summed E-state index contributed by atoms with van der Waals surface area (Å²) in [6.45, 7) is 0. The maximum Gasteiger partial charge on any atom is 0.278 e. The summed E-state index contributed by atoms with van der Waals surface area (Å²) in [7, 11) is 0. The number of anilines is 2. The molecule has 3 aliphatic heterocycles. The lowest BCUT2D eigenvalue weighted by Crippen LogP contribution is -2.53. The number of aromatic nitrogens is 2. The maximum absolute atomic E-state index is 13.6. The number of rotatable bonds is 1. The number of carbonyl (C=O) groups is 1. The average molecular weight is 417 g/mol. The standard InChI is InChI=1S/C24H15N7O/c32-21-24(16-11-5-7-13-18(16)27-21)30-22(25-14-8-2-1-3-9-14)29-23-28-19-15-10-4-6-12-17(15)26-20(19)31(23)24/h1-13H,(H,25,30)(H,27,32)/t24-/m1/s1. The van der Waals surface area contributed by atoms with Gasteiger partial charge in [-0.05, 0) is 24.3 Å². The first-order valence-corrected chi connectivity index (χ1v) is 10.2. The third kappa shape index (κ3) is 2.12. The average Bonchev–Trinajstić information content (AvgIpc) is 3.43. The molecule has 1 amide bonds. The molecule has 1 spiro atoms. The van der Waals surface area contributed by atoms with Crippen molar-refractivity contribution >= 4 is 28.9 Å².